The van der Waals surface area contributed by atoms with Crippen LogP contribution in [0.3, 0.4) is 0 Å². The molecule has 2 atom stereocenters. The van der Waals surface area contributed by atoms with Gasteiger partial charge in [0.25, 0.3) is 0 Å². The van der Waals surface area contributed by atoms with Crippen LogP contribution in [0, 0.1) is 11.7 Å². The van der Waals surface area contributed by atoms with Crippen LogP contribution in [0.4, 0.5) is 4.39 Å². The summed E-state index contributed by atoms with van der Waals surface area (Å²) in [6.45, 7) is 6.30. The van der Waals surface area contributed by atoms with Crippen molar-refractivity contribution in [3.63, 3.8) is 0 Å². The first kappa shape index (κ1) is 14.8. The number of halogens is 2. The molecule has 106 valence electrons. The highest BCUT2D eigenvalue weighted by atomic mass is 35.5. The van der Waals surface area contributed by atoms with Gasteiger partial charge in [0, 0.05) is 23.7 Å². The molecule has 2 unspecified atom stereocenters. The zero-order valence-electron chi connectivity index (χ0n) is 11.8. The van der Waals surface area contributed by atoms with Crippen LogP contribution >= 0.6 is 11.6 Å². The van der Waals surface area contributed by atoms with Gasteiger partial charge in [0.15, 0.2) is 0 Å². The van der Waals surface area contributed by atoms with E-state index in [1.54, 1.807) is 6.07 Å². The van der Waals surface area contributed by atoms with E-state index in [-0.39, 0.29) is 11.9 Å². The maximum atomic E-state index is 13.5. The molecule has 0 aliphatic carbocycles. The van der Waals surface area contributed by atoms with Gasteiger partial charge in [0.05, 0.1) is 0 Å². The first-order valence-electron chi connectivity index (χ1n) is 6.87. The molecular weight excluding hydrogens is 263 g/mol. The van der Waals surface area contributed by atoms with Crippen LogP contribution in [0.25, 0.3) is 0 Å². The van der Waals surface area contributed by atoms with Crippen LogP contribution in [0.5, 0.6) is 0 Å². The minimum Gasteiger partial charge on any atom is -0.314 e. The van der Waals surface area contributed by atoms with E-state index in [2.05, 4.69) is 31.1 Å². The van der Waals surface area contributed by atoms with Crippen molar-refractivity contribution in [3.05, 3.63) is 34.6 Å². The summed E-state index contributed by atoms with van der Waals surface area (Å²) >= 11 is 5.98. The Morgan fingerprint density at radius 3 is 2.79 bits per heavy atom. The van der Waals surface area contributed by atoms with Crippen LogP contribution < -0.4 is 5.32 Å². The molecule has 1 aliphatic rings. The van der Waals surface area contributed by atoms with Gasteiger partial charge in [-0.2, -0.15) is 0 Å². The smallest absolute Gasteiger partial charge is 0.125 e. The normalized spacial score (nSPS) is 24.3. The highest BCUT2D eigenvalue weighted by molar-refractivity contribution is 6.30. The van der Waals surface area contributed by atoms with E-state index in [4.69, 9.17) is 11.6 Å². The highest BCUT2D eigenvalue weighted by Crippen LogP contribution is 2.36. The number of nitrogens with zero attached hydrogens (tertiary/aromatic N) is 1. The van der Waals surface area contributed by atoms with Crippen LogP contribution in [0.1, 0.15) is 31.9 Å². The lowest BCUT2D eigenvalue weighted by molar-refractivity contribution is 0.269. The second kappa shape index (κ2) is 6.21. The minimum atomic E-state index is -0.252. The van der Waals surface area contributed by atoms with Crippen LogP contribution in [-0.2, 0) is 0 Å². The maximum Gasteiger partial charge on any atom is 0.125 e. The van der Waals surface area contributed by atoms with Crippen molar-refractivity contribution in [1.29, 1.82) is 0 Å². The third-order valence-corrected chi connectivity index (χ3v) is 4.01. The van der Waals surface area contributed by atoms with Gasteiger partial charge in [-0.3, -0.25) is 4.90 Å². The van der Waals surface area contributed by atoms with Crippen LogP contribution in [0.2, 0.25) is 5.02 Å². The van der Waals surface area contributed by atoms with E-state index in [0.717, 1.165) is 25.1 Å². The molecule has 1 fully saturated rings. The molecule has 4 heteroatoms. The fraction of sp³-hybridized carbons (Fsp3) is 0.600. The summed E-state index contributed by atoms with van der Waals surface area (Å²) in [5, 5.41) is 3.96. The molecule has 2 nitrogen and oxygen atoms in total. The molecule has 0 aromatic heterocycles. The third kappa shape index (κ3) is 3.68. The van der Waals surface area contributed by atoms with Crippen LogP contribution in [0.15, 0.2) is 18.2 Å². The van der Waals surface area contributed by atoms with Gasteiger partial charge >= 0.3 is 0 Å². The molecule has 0 radical (unpaired) electrons. The number of benzene rings is 1. The second-order valence-corrected chi connectivity index (χ2v) is 6.18. The SMILES string of the molecule is CC(C)NCC1CCN(C)C1c1cc(F)cc(Cl)c1. The Balaban J connectivity index is 2.18. The molecule has 0 spiro atoms. The number of hydrogen-bond donors (Lipinski definition) is 1. The molecule has 0 amide bonds. The largest absolute Gasteiger partial charge is 0.314 e. The quantitative estimate of drug-likeness (QED) is 0.911. The van der Waals surface area contributed by atoms with Crippen molar-refractivity contribution < 1.29 is 4.39 Å². The zero-order chi connectivity index (χ0) is 14.0. The molecule has 19 heavy (non-hydrogen) atoms. The number of nitrogens with one attached hydrogen (secondary N) is 1. The van der Waals surface area contributed by atoms with E-state index >= 15 is 0 Å². The number of rotatable bonds is 4. The molecule has 0 saturated carbocycles. The first-order valence-corrected chi connectivity index (χ1v) is 7.25. The molecule has 1 aliphatic heterocycles. The summed E-state index contributed by atoms with van der Waals surface area (Å²) in [6.07, 6.45) is 1.13. The van der Waals surface area contributed by atoms with Gasteiger partial charge in [0.1, 0.15) is 5.82 Å². The van der Waals surface area contributed by atoms with E-state index in [0.29, 0.717) is 17.0 Å². The lowest BCUT2D eigenvalue weighted by Gasteiger charge is -2.26. The van der Waals surface area contributed by atoms with Gasteiger partial charge in [-0.25, -0.2) is 4.39 Å². The standard InChI is InChI=1S/C15H22ClFN2/c1-10(2)18-9-11-4-5-19(3)15(11)12-6-13(16)8-14(17)7-12/h6-8,10-11,15,18H,4-5,9H2,1-3H3. The van der Waals surface area contributed by atoms with Crippen molar-refractivity contribution in [2.45, 2.75) is 32.4 Å². The molecule has 1 saturated heterocycles. The Bertz CT molecular complexity index is 416. The fourth-order valence-corrected chi connectivity index (χ4v) is 3.13. The molecule has 1 aromatic carbocycles. The summed E-state index contributed by atoms with van der Waals surface area (Å²) in [7, 11) is 2.10. The summed E-state index contributed by atoms with van der Waals surface area (Å²) in [6, 6.07) is 5.59. The Morgan fingerprint density at radius 1 is 1.42 bits per heavy atom. The van der Waals surface area contributed by atoms with Gasteiger partial charge in [-0.15, -0.1) is 0 Å². The Kier molecular flexibility index (Phi) is 4.82. The summed E-state index contributed by atoms with van der Waals surface area (Å²) < 4.78 is 13.5. The van der Waals surface area contributed by atoms with E-state index in [9.17, 15) is 4.39 Å². The number of likely N-dealkylation sites (tertiary alicyclic amines) is 1. The van der Waals surface area contributed by atoms with Gasteiger partial charge in [-0.1, -0.05) is 25.4 Å². The molecule has 2 rings (SSSR count). The van der Waals surface area contributed by atoms with Crippen molar-refractivity contribution in [1.82, 2.24) is 10.2 Å². The third-order valence-electron chi connectivity index (χ3n) is 3.79. The molecule has 1 aromatic rings. The highest BCUT2D eigenvalue weighted by Gasteiger charge is 2.33. The van der Waals surface area contributed by atoms with E-state index < -0.39 is 0 Å². The zero-order valence-corrected chi connectivity index (χ0v) is 12.5. The van der Waals surface area contributed by atoms with Crippen LogP contribution in [-0.4, -0.2) is 31.1 Å². The summed E-state index contributed by atoms with van der Waals surface area (Å²) in [5.41, 5.74) is 0.987. The predicted molar refractivity (Wildman–Crippen MR) is 78.0 cm³/mol. The minimum absolute atomic E-state index is 0.249. The molecule has 1 N–H and O–H groups in total. The van der Waals surface area contributed by atoms with Gasteiger partial charge < -0.3 is 5.32 Å². The molecular formula is C15H22ClFN2. The fourth-order valence-electron chi connectivity index (χ4n) is 2.90. The summed E-state index contributed by atoms with van der Waals surface area (Å²) in [4.78, 5) is 2.29. The van der Waals surface area contributed by atoms with Crippen molar-refractivity contribution in [3.8, 4) is 0 Å². The van der Waals surface area contributed by atoms with Crippen molar-refractivity contribution >= 4 is 11.6 Å². The van der Waals surface area contributed by atoms with Gasteiger partial charge in [0.2, 0.25) is 0 Å². The molecule has 0 bridgehead atoms. The second-order valence-electron chi connectivity index (χ2n) is 5.74. The van der Waals surface area contributed by atoms with Crippen molar-refractivity contribution in [2.75, 3.05) is 20.1 Å². The Hall–Kier alpha value is -0.640. The Labute approximate surface area is 119 Å². The number of hydrogen-bond acceptors (Lipinski definition) is 2. The van der Waals surface area contributed by atoms with Crippen molar-refractivity contribution in [2.24, 2.45) is 5.92 Å². The average molecular weight is 285 g/mol. The maximum absolute atomic E-state index is 13.5. The lowest BCUT2D eigenvalue weighted by Crippen LogP contribution is -2.32. The Morgan fingerprint density at radius 2 is 2.16 bits per heavy atom. The first-order chi connectivity index (χ1) is 8.97. The van der Waals surface area contributed by atoms with E-state index in [1.807, 2.05) is 6.07 Å². The monoisotopic (exact) mass is 284 g/mol. The van der Waals surface area contributed by atoms with Gasteiger partial charge in [-0.05, 0) is 49.7 Å². The average Bonchev–Trinajstić information content (AvgIpc) is 2.66. The predicted octanol–water partition coefficient (Wildman–Crippen LogP) is 3.47. The lowest BCUT2D eigenvalue weighted by atomic mass is 9.93. The molecule has 1 heterocycles. The topological polar surface area (TPSA) is 15.3 Å². The summed E-state index contributed by atoms with van der Waals surface area (Å²) in [5.74, 6) is 0.253. The van der Waals surface area contributed by atoms with E-state index in [1.165, 1.54) is 6.07 Å².